The van der Waals surface area contributed by atoms with Gasteiger partial charge in [0.05, 0.1) is 33.3 Å². The van der Waals surface area contributed by atoms with E-state index in [9.17, 15) is 19.4 Å². The van der Waals surface area contributed by atoms with E-state index in [4.69, 9.17) is 4.74 Å². The Balaban J connectivity index is 1.92. The van der Waals surface area contributed by atoms with Crippen LogP contribution >= 0.6 is 0 Å². The molecule has 26 heavy (non-hydrogen) atoms. The predicted octanol–water partition coefficient (Wildman–Crippen LogP) is 3.82. The first-order valence-corrected chi connectivity index (χ1v) is 9.67. The largest absolute Gasteiger partial charge is 0.502 e. The van der Waals surface area contributed by atoms with Gasteiger partial charge >= 0.3 is 5.69 Å². The summed E-state index contributed by atoms with van der Waals surface area (Å²) in [5.41, 5.74) is -0.459. The molecule has 1 aromatic carbocycles. The maximum Gasteiger partial charge on any atom is 0.314 e. The summed E-state index contributed by atoms with van der Waals surface area (Å²) in [6, 6.07) is 5.51. The van der Waals surface area contributed by atoms with Crippen molar-refractivity contribution < 1.29 is 19.0 Å². The van der Waals surface area contributed by atoms with Crippen LogP contribution < -0.4 is 4.74 Å². The Labute approximate surface area is 153 Å². The molecule has 0 saturated heterocycles. The molecule has 0 radical (unpaired) electrons. The summed E-state index contributed by atoms with van der Waals surface area (Å²) in [6.07, 6.45) is 8.67. The topological polar surface area (TPSA) is 103 Å². The minimum atomic E-state index is -1.64. The first-order valence-electron chi connectivity index (χ1n) is 8.52. The van der Waals surface area contributed by atoms with E-state index in [0.717, 1.165) is 37.8 Å². The first kappa shape index (κ1) is 18.3. The maximum atomic E-state index is 12.9. The standard InChI is InChI=1S/C18H20N2O5S/c21-16-11-18(26(24)14-6-8-19-9-7-14)17(10-15(16)20(22)23)25-12-13-4-2-1-3-5-13/h6-11,13,21H,1-5,12H2. The lowest BCUT2D eigenvalue weighted by Gasteiger charge is -2.22. The summed E-state index contributed by atoms with van der Waals surface area (Å²) >= 11 is 0. The highest BCUT2D eigenvalue weighted by molar-refractivity contribution is 7.85. The van der Waals surface area contributed by atoms with Gasteiger partial charge in [0, 0.05) is 23.4 Å². The van der Waals surface area contributed by atoms with Crippen LogP contribution in [0, 0.1) is 16.0 Å². The zero-order valence-corrected chi connectivity index (χ0v) is 15.0. The molecule has 8 heteroatoms. The van der Waals surface area contributed by atoms with E-state index in [2.05, 4.69) is 4.98 Å². The fourth-order valence-electron chi connectivity index (χ4n) is 3.09. The molecule has 1 N–H and O–H groups in total. The van der Waals surface area contributed by atoms with Crippen molar-refractivity contribution in [2.75, 3.05) is 6.61 Å². The average Bonchev–Trinajstić information content (AvgIpc) is 2.67. The van der Waals surface area contributed by atoms with E-state index in [1.165, 1.54) is 18.8 Å². The summed E-state index contributed by atoms with van der Waals surface area (Å²) < 4.78 is 18.7. The Bertz CT molecular complexity index is 807. The third-order valence-electron chi connectivity index (χ3n) is 4.50. The normalized spacial score (nSPS) is 16.2. The second-order valence-electron chi connectivity index (χ2n) is 6.31. The highest BCUT2D eigenvalue weighted by Gasteiger charge is 2.24. The van der Waals surface area contributed by atoms with Gasteiger partial charge in [-0.1, -0.05) is 19.3 Å². The molecule has 1 aliphatic carbocycles. The van der Waals surface area contributed by atoms with Crippen LogP contribution in [0.5, 0.6) is 11.5 Å². The molecule has 1 aliphatic rings. The molecule has 1 heterocycles. The zero-order valence-electron chi connectivity index (χ0n) is 14.2. The number of phenolic OH excluding ortho intramolecular Hbond substituents is 1. The van der Waals surface area contributed by atoms with Crippen molar-refractivity contribution in [3.8, 4) is 11.5 Å². The molecule has 0 aliphatic heterocycles. The summed E-state index contributed by atoms with van der Waals surface area (Å²) in [4.78, 5) is 15.1. The molecule has 138 valence electrons. The van der Waals surface area contributed by atoms with Crippen LogP contribution in [0.25, 0.3) is 0 Å². The first-order chi connectivity index (χ1) is 12.6. The van der Waals surface area contributed by atoms with Gasteiger partial charge in [-0.15, -0.1) is 0 Å². The summed E-state index contributed by atoms with van der Waals surface area (Å²) in [7, 11) is -1.64. The zero-order chi connectivity index (χ0) is 18.5. The lowest BCUT2D eigenvalue weighted by molar-refractivity contribution is -0.386. The molecular weight excluding hydrogens is 356 g/mol. The second kappa shape index (κ2) is 8.27. The molecule has 1 unspecified atom stereocenters. The number of nitro benzene ring substituents is 1. The number of aromatic hydroxyl groups is 1. The van der Waals surface area contributed by atoms with Crippen LogP contribution in [0.4, 0.5) is 5.69 Å². The molecule has 1 aromatic heterocycles. The van der Waals surface area contributed by atoms with Crippen molar-refractivity contribution in [1.29, 1.82) is 0 Å². The van der Waals surface area contributed by atoms with E-state index >= 15 is 0 Å². The summed E-state index contributed by atoms with van der Waals surface area (Å²) in [6.45, 7) is 0.419. The number of rotatable bonds is 6. The molecule has 0 bridgehead atoms. The Morgan fingerprint density at radius 3 is 2.58 bits per heavy atom. The van der Waals surface area contributed by atoms with Crippen LogP contribution in [0.1, 0.15) is 32.1 Å². The fourth-order valence-corrected chi connectivity index (χ4v) is 4.23. The fraction of sp³-hybridized carbons (Fsp3) is 0.389. The van der Waals surface area contributed by atoms with Crippen LogP contribution in [0.3, 0.4) is 0 Å². The Morgan fingerprint density at radius 1 is 1.23 bits per heavy atom. The molecular formula is C18H20N2O5S. The van der Waals surface area contributed by atoms with Crippen LogP contribution in [-0.4, -0.2) is 25.8 Å². The van der Waals surface area contributed by atoms with Crippen molar-refractivity contribution in [2.24, 2.45) is 5.92 Å². The van der Waals surface area contributed by atoms with Gasteiger partial charge < -0.3 is 9.84 Å². The van der Waals surface area contributed by atoms with E-state index in [1.807, 2.05) is 0 Å². The van der Waals surface area contributed by atoms with Crippen molar-refractivity contribution >= 4 is 16.5 Å². The highest BCUT2D eigenvalue weighted by atomic mass is 32.2. The van der Waals surface area contributed by atoms with Crippen molar-refractivity contribution in [3.63, 3.8) is 0 Å². The lowest BCUT2D eigenvalue weighted by Crippen LogP contribution is -2.16. The number of hydrogen-bond acceptors (Lipinski definition) is 6. The third-order valence-corrected chi connectivity index (χ3v) is 5.92. The number of aromatic nitrogens is 1. The monoisotopic (exact) mass is 376 g/mol. The van der Waals surface area contributed by atoms with Crippen molar-refractivity contribution in [1.82, 2.24) is 4.98 Å². The molecule has 1 saturated carbocycles. The van der Waals surface area contributed by atoms with Crippen LogP contribution in [0.15, 0.2) is 46.5 Å². The number of ether oxygens (including phenoxy) is 1. The van der Waals surface area contributed by atoms with E-state index in [1.54, 1.807) is 12.1 Å². The summed E-state index contributed by atoms with van der Waals surface area (Å²) in [5.74, 6) is 0.0338. The van der Waals surface area contributed by atoms with Gasteiger partial charge in [-0.25, -0.2) is 4.21 Å². The van der Waals surface area contributed by atoms with E-state index < -0.39 is 27.2 Å². The lowest BCUT2D eigenvalue weighted by atomic mass is 9.90. The maximum absolute atomic E-state index is 12.9. The van der Waals surface area contributed by atoms with Gasteiger partial charge in [-0.3, -0.25) is 15.1 Å². The molecule has 0 amide bonds. The third kappa shape index (κ3) is 4.19. The van der Waals surface area contributed by atoms with Gasteiger partial charge in [0.2, 0.25) is 0 Å². The number of nitro groups is 1. The van der Waals surface area contributed by atoms with Crippen molar-refractivity contribution in [3.05, 3.63) is 46.8 Å². The number of nitrogens with zero attached hydrogens (tertiary/aromatic N) is 2. The molecule has 0 spiro atoms. The SMILES string of the molecule is O=[N+]([O-])c1cc(OCC2CCCCC2)c(S(=O)c2ccncc2)cc1O. The minimum Gasteiger partial charge on any atom is -0.502 e. The number of hydrogen-bond donors (Lipinski definition) is 1. The molecule has 1 fully saturated rings. The van der Waals surface area contributed by atoms with Crippen LogP contribution in [0.2, 0.25) is 0 Å². The van der Waals surface area contributed by atoms with Gasteiger partial charge in [-0.05, 0) is 30.9 Å². The smallest absolute Gasteiger partial charge is 0.314 e. The highest BCUT2D eigenvalue weighted by Crippen LogP contribution is 2.37. The van der Waals surface area contributed by atoms with E-state index in [-0.39, 0.29) is 10.6 Å². The second-order valence-corrected chi connectivity index (χ2v) is 7.76. The Hall–Kier alpha value is -2.48. The number of pyridine rings is 1. The molecule has 3 rings (SSSR count). The minimum absolute atomic E-state index is 0.176. The Kier molecular flexibility index (Phi) is 5.82. The van der Waals surface area contributed by atoms with Gasteiger partial charge in [0.1, 0.15) is 5.75 Å². The van der Waals surface area contributed by atoms with Gasteiger partial charge in [0.15, 0.2) is 5.75 Å². The Morgan fingerprint density at radius 2 is 1.92 bits per heavy atom. The molecule has 2 aromatic rings. The van der Waals surface area contributed by atoms with E-state index in [0.29, 0.717) is 17.4 Å². The number of benzene rings is 1. The van der Waals surface area contributed by atoms with Gasteiger partial charge in [-0.2, -0.15) is 0 Å². The van der Waals surface area contributed by atoms with Crippen molar-refractivity contribution in [2.45, 2.75) is 41.9 Å². The molecule has 1 atom stereocenters. The van der Waals surface area contributed by atoms with Gasteiger partial charge in [0.25, 0.3) is 0 Å². The number of phenols is 1. The average molecular weight is 376 g/mol. The quantitative estimate of drug-likeness (QED) is 0.607. The summed E-state index contributed by atoms with van der Waals surface area (Å²) in [5, 5.41) is 21.1. The predicted molar refractivity (Wildman–Crippen MR) is 95.7 cm³/mol. The van der Waals surface area contributed by atoms with Crippen LogP contribution in [-0.2, 0) is 10.8 Å². The molecule has 7 nitrogen and oxygen atoms in total.